The number of hydrogen-bond donors (Lipinski definition) is 1. The van der Waals surface area contributed by atoms with E-state index in [0.29, 0.717) is 31.7 Å². The molecule has 1 N–H and O–H groups in total. The molecule has 1 saturated heterocycles. The molecule has 0 spiro atoms. The van der Waals surface area contributed by atoms with Gasteiger partial charge in [-0.3, -0.25) is 4.79 Å². The summed E-state index contributed by atoms with van der Waals surface area (Å²) in [4.78, 5) is 17.4. The number of amides is 1. The summed E-state index contributed by atoms with van der Waals surface area (Å²) in [5, 5.41) is 4.39. The minimum atomic E-state index is -0.242. The second-order valence-corrected chi connectivity index (χ2v) is 8.53. The normalized spacial score (nSPS) is 14.1. The maximum Gasteiger partial charge on any atom is 0.254 e. The number of anilines is 1. The van der Waals surface area contributed by atoms with Crippen LogP contribution in [0.2, 0.25) is 0 Å². The molecular formula is C26H31FN4O. The fraction of sp³-hybridized carbons (Fsp3) is 0.346. The van der Waals surface area contributed by atoms with E-state index in [-0.39, 0.29) is 11.7 Å². The van der Waals surface area contributed by atoms with E-state index in [2.05, 4.69) is 35.2 Å². The zero-order valence-corrected chi connectivity index (χ0v) is 19.1. The molecule has 1 fully saturated rings. The predicted octanol–water partition coefficient (Wildman–Crippen LogP) is 4.27. The van der Waals surface area contributed by atoms with Gasteiger partial charge in [-0.05, 0) is 49.2 Å². The first kappa shape index (κ1) is 22.1. The lowest BCUT2D eigenvalue weighted by atomic mass is 10.0. The van der Waals surface area contributed by atoms with E-state index in [1.165, 1.54) is 23.4 Å². The van der Waals surface area contributed by atoms with Gasteiger partial charge in [-0.25, -0.2) is 4.39 Å². The topological polar surface area (TPSA) is 40.5 Å². The number of benzene rings is 2. The van der Waals surface area contributed by atoms with Crippen molar-refractivity contribution in [3.8, 4) is 0 Å². The van der Waals surface area contributed by atoms with Crippen LogP contribution >= 0.6 is 0 Å². The largest absolute Gasteiger partial charge is 0.369 e. The molecule has 1 aliphatic rings. The number of nitrogens with one attached hydrogen (secondary N) is 1. The number of piperazine rings is 1. The predicted molar refractivity (Wildman–Crippen MR) is 129 cm³/mol. The van der Waals surface area contributed by atoms with Crippen LogP contribution in [0, 0.1) is 19.7 Å². The van der Waals surface area contributed by atoms with Crippen molar-refractivity contribution in [3.05, 3.63) is 77.3 Å². The molecule has 1 aliphatic heterocycles. The summed E-state index contributed by atoms with van der Waals surface area (Å²) < 4.78 is 15.6. The molecular weight excluding hydrogens is 403 g/mol. The molecule has 0 unspecified atom stereocenters. The zero-order valence-electron chi connectivity index (χ0n) is 19.1. The number of fused-ring (bicyclic) bond motifs is 1. The fourth-order valence-electron chi connectivity index (χ4n) is 4.52. The lowest BCUT2D eigenvalue weighted by molar-refractivity contribution is 0.0736. The van der Waals surface area contributed by atoms with Crippen LogP contribution in [0.25, 0.3) is 10.9 Å². The third-order valence-electron chi connectivity index (χ3n) is 6.42. The Balaban J connectivity index is 1.83. The van der Waals surface area contributed by atoms with Gasteiger partial charge in [0.25, 0.3) is 5.91 Å². The Morgan fingerprint density at radius 2 is 1.88 bits per heavy atom. The monoisotopic (exact) mass is 434 g/mol. The molecule has 168 valence electrons. The lowest BCUT2D eigenvalue weighted by Crippen LogP contribution is -2.46. The summed E-state index contributed by atoms with van der Waals surface area (Å²) in [7, 11) is 2.02. The highest BCUT2D eigenvalue weighted by atomic mass is 19.1. The molecule has 1 amide bonds. The van der Waals surface area contributed by atoms with Gasteiger partial charge in [0, 0.05) is 63.0 Å². The Bertz CT molecular complexity index is 1140. The van der Waals surface area contributed by atoms with Crippen LogP contribution in [-0.2, 0) is 13.1 Å². The molecule has 32 heavy (non-hydrogen) atoms. The van der Waals surface area contributed by atoms with Gasteiger partial charge >= 0.3 is 0 Å². The Labute approximate surface area is 189 Å². The number of hydrogen-bond acceptors (Lipinski definition) is 3. The summed E-state index contributed by atoms with van der Waals surface area (Å²) in [6.45, 7) is 12.5. The minimum absolute atomic E-state index is 0.0679. The highest BCUT2D eigenvalue weighted by molar-refractivity contribution is 6.04. The van der Waals surface area contributed by atoms with Crippen molar-refractivity contribution in [2.24, 2.45) is 0 Å². The summed E-state index contributed by atoms with van der Waals surface area (Å²) in [6, 6.07) is 10.6. The number of aromatic nitrogens is 1. The number of aryl methyl sites for hydroxylation is 1. The van der Waals surface area contributed by atoms with Crippen LogP contribution in [0.4, 0.5) is 10.1 Å². The molecule has 0 bridgehead atoms. The van der Waals surface area contributed by atoms with Gasteiger partial charge in [0.2, 0.25) is 0 Å². The minimum Gasteiger partial charge on any atom is -0.369 e. The smallest absolute Gasteiger partial charge is 0.254 e. The van der Waals surface area contributed by atoms with E-state index in [1.807, 2.05) is 30.2 Å². The standard InChI is InChI=1S/C26H31FN4O/c1-5-12-31-19(3)18(2)23-15-21(26(32)30-13-10-28-11-14-30)16-24(25(23)31)29(4)17-20-6-8-22(27)9-7-20/h5-9,15-16,28H,1,10-14,17H2,2-4H3. The van der Waals surface area contributed by atoms with Gasteiger partial charge in [0.1, 0.15) is 5.82 Å². The molecule has 2 heterocycles. The van der Waals surface area contributed by atoms with Crippen molar-refractivity contribution in [3.63, 3.8) is 0 Å². The van der Waals surface area contributed by atoms with Crippen molar-refractivity contribution in [1.29, 1.82) is 0 Å². The van der Waals surface area contributed by atoms with Crippen LogP contribution in [-0.4, -0.2) is 48.6 Å². The number of carbonyl (C=O) groups excluding carboxylic acids is 1. The number of carbonyl (C=O) groups is 1. The molecule has 0 aliphatic carbocycles. The van der Waals surface area contributed by atoms with E-state index in [4.69, 9.17) is 0 Å². The van der Waals surface area contributed by atoms with Crippen molar-refractivity contribution < 1.29 is 9.18 Å². The molecule has 2 aromatic carbocycles. The Morgan fingerprint density at radius 3 is 2.53 bits per heavy atom. The average Bonchev–Trinajstić information content (AvgIpc) is 3.05. The maximum absolute atomic E-state index is 13.4. The molecule has 0 atom stereocenters. The fourth-order valence-corrected chi connectivity index (χ4v) is 4.52. The zero-order chi connectivity index (χ0) is 22.8. The van der Waals surface area contributed by atoms with E-state index in [9.17, 15) is 9.18 Å². The van der Waals surface area contributed by atoms with Gasteiger partial charge in [-0.1, -0.05) is 18.2 Å². The van der Waals surface area contributed by atoms with Gasteiger partial charge in [0.05, 0.1) is 11.2 Å². The van der Waals surface area contributed by atoms with Crippen LogP contribution in [0.15, 0.2) is 49.1 Å². The number of halogens is 1. The molecule has 3 aromatic rings. The number of allylic oxidation sites excluding steroid dienone is 1. The number of nitrogens with zero attached hydrogens (tertiary/aromatic N) is 3. The summed E-state index contributed by atoms with van der Waals surface area (Å²) in [6.07, 6.45) is 1.90. The highest BCUT2D eigenvalue weighted by Gasteiger charge is 2.23. The molecule has 0 radical (unpaired) electrons. The van der Waals surface area contributed by atoms with Gasteiger partial charge in [-0.2, -0.15) is 0 Å². The third-order valence-corrected chi connectivity index (χ3v) is 6.42. The number of rotatable bonds is 6. The first-order valence-corrected chi connectivity index (χ1v) is 11.1. The first-order valence-electron chi connectivity index (χ1n) is 11.1. The van der Waals surface area contributed by atoms with E-state index in [0.717, 1.165) is 35.2 Å². The van der Waals surface area contributed by atoms with Gasteiger partial charge in [0.15, 0.2) is 0 Å². The third kappa shape index (κ3) is 4.15. The second kappa shape index (κ2) is 9.17. The van der Waals surface area contributed by atoms with Crippen LogP contribution in [0.1, 0.15) is 27.2 Å². The lowest BCUT2D eigenvalue weighted by Gasteiger charge is -2.28. The Kier molecular flexibility index (Phi) is 6.33. The van der Waals surface area contributed by atoms with E-state index < -0.39 is 0 Å². The maximum atomic E-state index is 13.4. The van der Waals surface area contributed by atoms with Crippen LogP contribution < -0.4 is 10.2 Å². The highest BCUT2D eigenvalue weighted by Crippen LogP contribution is 2.35. The summed E-state index contributed by atoms with van der Waals surface area (Å²) in [5.74, 6) is -0.174. The molecule has 0 saturated carbocycles. The van der Waals surface area contributed by atoms with Gasteiger partial charge in [-0.15, -0.1) is 6.58 Å². The Hall–Kier alpha value is -3.12. The SMILES string of the molecule is C=CCn1c(C)c(C)c2cc(C(=O)N3CCNCC3)cc(N(C)Cc3ccc(F)cc3)c21. The Morgan fingerprint density at radius 1 is 1.19 bits per heavy atom. The van der Waals surface area contributed by atoms with Crippen molar-refractivity contribution in [2.45, 2.75) is 26.9 Å². The van der Waals surface area contributed by atoms with Crippen molar-refractivity contribution in [2.75, 3.05) is 38.1 Å². The second-order valence-electron chi connectivity index (χ2n) is 8.53. The summed E-state index contributed by atoms with van der Waals surface area (Å²) in [5.41, 5.74) is 6.15. The molecule has 1 aromatic heterocycles. The summed E-state index contributed by atoms with van der Waals surface area (Å²) >= 11 is 0. The molecule has 6 heteroatoms. The first-order chi connectivity index (χ1) is 15.4. The van der Waals surface area contributed by atoms with E-state index >= 15 is 0 Å². The van der Waals surface area contributed by atoms with Crippen LogP contribution in [0.3, 0.4) is 0 Å². The van der Waals surface area contributed by atoms with Crippen LogP contribution in [0.5, 0.6) is 0 Å². The molecule has 4 rings (SSSR count). The molecule has 5 nitrogen and oxygen atoms in total. The van der Waals surface area contributed by atoms with Crippen molar-refractivity contribution in [1.82, 2.24) is 14.8 Å². The quantitative estimate of drug-likeness (QED) is 0.589. The average molecular weight is 435 g/mol. The van der Waals surface area contributed by atoms with Gasteiger partial charge < -0.3 is 19.7 Å². The van der Waals surface area contributed by atoms with Crippen molar-refractivity contribution >= 4 is 22.5 Å². The van der Waals surface area contributed by atoms with E-state index in [1.54, 1.807) is 12.1 Å².